The number of nitrogen functional groups attached to an aromatic ring is 1. The quantitative estimate of drug-likeness (QED) is 0.646. The van der Waals surface area contributed by atoms with Crippen LogP contribution < -0.4 is 16.0 Å². The van der Waals surface area contributed by atoms with Crippen LogP contribution in [0.4, 0.5) is 5.82 Å². The van der Waals surface area contributed by atoms with Gasteiger partial charge < -0.3 is 10.2 Å². The summed E-state index contributed by atoms with van der Waals surface area (Å²) in [4.78, 5) is 4.24. The summed E-state index contributed by atoms with van der Waals surface area (Å²) in [5.74, 6) is 6.64. The van der Waals surface area contributed by atoms with Gasteiger partial charge in [0.05, 0.1) is 5.69 Å². The van der Waals surface area contributed by atoms with E-state index in [0.29, 0.717) is 17.4 Å². The molecule has 0 aliphatic carbocycles. The highest BCUT2D eigenvalue weighted by Crippen LogP contribution is 2.16. The van der Waals surface area contributed by atoms with Crippen LogP contribution in [0, 0.1) is 0 Å². The zero-order valence-corrected chi connectivity index (χ0v) is 9.82. The number of hydrogen-bond acceptors (Lipinski definition) is 4. The molecule has 2 rings (SSSR count). The standard InChI is InChI=1S/C12H12ClN3O/c13-9-4-6-11(7-5-9)17-8-10-2-1-3-12(15-10)16-14/h1-7H,8,14H2,(H,15,16). The summed E-state index contributed by atoms with van der Waals surface area (Å²) >= 11 is 5.78. The van der Waals surface area contributed by atoms with Crippen molar-refractivity contribution in [3.05, 3.63) is 53.2 Å². The van der Waals surface area contributed by atoms with Gasteiger partial charge in [-0.15, -0.1) is 0 Å². The van der Waals surface area contributed by atoms with Crippen LogP contribution >= 0.6 is 11.6 Å². The van der Waals surface area contributed by atoms with Crippen LogP contribution in [0.1, 0.15) is 5.69 Å². The number of benzene rings is 1. The first-order valence-electron chi connectivity index (χ1n) is 5.09. The fraction of sp³-hybridized carbons (Fsp3) is 0.0833. The molecule has 0 saturated heterocycles. The number of aromatic nitrogens is 1. The van der Waals surface area contributed by atoms with Crippen LogP contribution in [-0.2, 0) is 6.61 Å². The number of ether oxygens (including phenoxy) is 1. The number of halogens is 1. The monoisotopic (exact) mass is 249 g/mol. The minimum atomic E-state index is 0.386. The van der Waals surface area contributed by atoms with E-state index in [4.69, 9.17) is 22.2 Å². The van der Waals surface area contributed by atoms with Gasteiger partial charge in [0.15, 0.2) is 0 Å². The lowest BCUT2D eigenvalue weighted by molar-refractivity contribution is 0.301. The van der Waals surface area contributed by atoms with Crippen LogP contribution in [0.25, 0.3) is 0 Å². The molecule has 0 fully saturated rings. The predicted molar refractivity (Wildman–Crippen MR) is 67.8 cm³/mol. The average molecular weight is 250 g/mol. The summed E-state index contributed by atoms with van der Waals surface area (Å²) in [5, 5.41) is 0.685. The van der Waals surface area contributed by atoms with Gasteiger partial charge in [-0.1, -0.05) is 17.7 Å². The largest absolute Gasteiger partial charge is 0.487 e. The van der Waals surface area contributed by atoms with E-state index < -0.39 is 0 Å². The number of nitrogens with one attached hydrogen (secondary N) is 1. The van der Waals surface area contributed by atoms with E-state index in [1.54, 1.807) is 18.2 Å². The van der Waals surface area contributed by atoms with Gasteiger partial charge in [0.2, 0.25) is 0 Å². The molecule has 1 aromatic heterocycles. The number of nitrogens with zero attached hydrogens (tertiary/aromatic N) is 1. The Kier molecular flexibility index (Phi) is 3.80. The van der Waals surface area contributed by atoms with E-state index in [0.717, 1.165) is 11.4 Å². The van der Waals surface area contributed by atoms with Gasteiger partial charge in [0, 0.05) is 5.02 Å². The van der Waals surface area contributed by atoms with Gasteiger partial charge >= 0.3 is 0 Å². The highest BCUT2D eigenvalue weighted by Gasteiger charge is 1.98. The lowest BCUT2D eigenvalue weighted by Gasteiger charge is -2.06. The molecular formula is C12H12ClN3O. The fourth-order valence-electron chi connectivity index (χ4n) is 1.33. The molecule has 0 unspecified atom stereocenters. The molecule has 4 nitrogen and oxygen atoms in total. The molecule has 3 N–H and O–H groups in total. The van der Waals surface area contributed by atoms with Crippen molar-refractivity contribution in [2.45, 2.75) is 6.61 Å². The highest BCUT2D eigenvalue weighted by molar-refractivity contribution is 6.30. The molecule has 1 aromatic carbocycles. The van der Waals surface area contributed by atoms with E-state index in [-0.39, 0.29) is 0 Å². The Labute approximate surface area is 104 Å². The van der Waals surface area contributed by atoms with Crippen molar-refractivity contribution in [2.75, 3.05) is 5.43 Å². The third kappa shape index (κ3) is 3.34. The van der Waals surface area contributed by atoms with Crippen LogP contribution in [0.3, 0.4) is 0 Å². The van der Waals surface area contributed by atoms with Crippen molar-refractivity contribution in [3.8, 4) is 5.75 Å². The van der Waals surface area contributed by atoms with Crippen molar-refractivity contribution in [3.63, 3.8) is 0 Å². The molecule has 88 valence electrons. The highest BCUT2D eigenvalue weighted by atomic mass is 35.5. The second kappa shape index (κ2) is 5.52. The van der Waals surface area contributed by atoms with E-state index in [1.807, 2.05) is 24.3 Å². The Morgan fingerprint density at radius 1 is 1.18 bits per heavy atom. The first kappa shape index (κ1) is 11.7. The smallest absolute Gasteiger partial charge is 0.140 e. The molecule has 0 aliphatic rings. The summed E-state index contributed by atoms with van der Waals surface area (Å²) in [6.07, 6.45) is 0. The van der Waals surface area contributed by atoms with Gasteiger partial charge in [0.25, 0.3) is 0 Å². The van der Waals surface area contributed by atoms with E-state index in [1.165, 1.54) is 0 Å². The Bertz CT molecular complexity index is 487. The lowest BCUT2D eigenvalue weighted by Crippen LogP contribution is -2.09. The molecule has 0 amide bonds. The number of anilines is 1. The van der Waals surface area contributed by atoms with Crippen LogP contribution in [-0.4, -0.2) is 4.98 Å². The molecule has 0 aliphatic heterocycles. The number of hydrazine groups is 1. The summed E-state index contributed by atoms with van der Waals surface area (Å²) in [5.41, 5.74) is 3.29. The van der Waals surface area contributed by atoms with Crippen molar-refractivity contribution in [1.82, 2.24) is 4.98 Å². The zero-order chi connectivity index (χ0) is 12.1. The summed E-state index contributed by atoms with van der Waals surface area (Å²) < 4.78 is 5.56. The lowest BCUT2D eigenvalue weighted by atomic mass is 10.3. The molecule has 5 heteroatoms. The normalized spacial score (nSPS) is 10.0. The second-order valence-corrected chi connectivity index (χ2v) is 3.84. The maximum absolute atomic E-state index is 5.78. The van der Waals surface area contributed by atoms with Crippen molar-refractivity contribution < 1.29 is 4.74 Å². The molecule has 0 spiro atoms. The Balaban J connectivity index is 1.99. The van der Waals surface area contributed by atoms with Crippen molar-refractivity contribution in [1.29, 1.82) is 0 Å². The van der Waals surface area contributed by atoms with E-state index in [2.05, 4.69) is 10.4 Å². The number of hydrogen-bond donors (Lipinski definition) is 2. The molecule has 2 aromatic rings. The molecule has 0 bridgehead atoms. The van der Waals surface area contributed by atoms with Gasteiger partial charge in [-0.25, -0.2) is 10.8 Å². The van der Waals surface area contributed by atoms with Crippen LogP contribution in [0.15, 0.2) is 42.5 Å². The van der Waals surface area contributed by atoms with Crippen molar-refractivity contribution >= 4 is 17.4 Å². The molecule has 0 radical (unpaired) electrons. The second-order valence-electron chi connectivity index (χ2n) is 3.40. The Hall–Kier alpha value is -1.78. The maximum atomic E-state index is 5.78. The number of nitrogens with two attached hydrogens (primary N) is 1. The van der Waals surface area contributed by atoms with E-state index in [9.17, 15) is 0 Å². The van der Waals surface area contributed by atoms with E-state index >= 15 is 0 Å². The van der Waals surface area contributed by atoms with Gasteiger partial charge in [0.1, 0.15) is 18.2 Å². The number of rotatable bonds is 4. The number of pyridine rings is 1. The minimum Gasteiger partial charge on any atom is -0.487 e. The first-order chi connectivity index (χ1) is 8.28. The zero-order valence-electron chi connectivity index (χ0n) is 9.06. The molecule has 17 heavy (non-hydrogen) atoms. The Morgan fingerprint density at radius 2 is 1.94 bits per heavy atom. The summed E-state index contributed by atoms with van der Waals surface area (Å²) in [6.45, 7) is 0.386. The third-order valence-electron chi connectivity index (χ3n) is 2.16. The third-order valence-corrected chi connectivity index (χ3v) is 2.41. The van der Waals surface area contributed by atoms with Gasteiger partial charge in [-0.2, -0.15) is 0 Å². The first-order valence-corrected chi connectivity index (χ1v) is 5.46. The Morgan fingerprint density at radius 3 is 2.65 bits per heavy atom. The minimum absolute atomic E-state index is 0.386. The maximum Gasteiger partial charge on any atom is 0.140 e. The van der Waals surface area contributed by atoms with Crippen LogP contribution in [0.2, 0.25) is 5.02 Å². The predicted octanol–water partition coefficient (Wildman–Crippen LogP) is 2.60. The fourth-order valence-corrected chi connectivity index (χ4v) is 1.45. The average Bonchev–Trinajstić information content (AvgIpc) is 2.38. The molecule has 1 heterocycles. The molecule has 0 atom stereocenters. The van der Waals surface area contributed by atoms with Gasteiger partial charge in [-0.3, -0.25) is 0 Å². The topological polar surface area (TPSA) is 60.2 Å². The van der Waals surface area contributed by atoms with Gasteiger partial charge in [-0.05, 0) is 36.4 Å². The molecule has 0 saturated carbocycles. The van der Waals surface area contributed by atoms with Crippen molar-refractivity contribution in [2.24, 2.45) is 5.84 Å². The molecular weight excluding hydrogens is 238 g/mol. The summed E-state index contributed by atoms with van der Waals surface area (Å²) in [7, 11) is 0. The summed E-state index contributed by atoms with van der Waals surface area (Å²) in [6, 6.07) is 12.7. The van der Waals surface area contributed by atoms with Crippen LogP contribution in [0.5, 0.6) is 5.75 Å². The SMILES string of the molecule is NNc1cccc(COc2ccc(Cl)cc2)n1.